The van der Waals surface area contributed by atoms with Gasteiger partial charge in [-0.1, -0.05) is 44.0 Å². The SMILES string of the molecule is CCCC1CCC(c2ccc(C(F)(F)N=[N+]=[N-])cc2)CC1. The van der Waals surface area contributed by atoms with Crippen LogP contribution < -0.4 is 0 Å². The van der Waals surface area contributed by atoms with Crippen molar-refractivity contribution >= 4 is 0 Å². The molecule has 0 unspecified atom stereocenters. The Morgan fingerprint density at radius 2 is 1.81 bits per heavy atom. The molecule has 1 aliphatic rings. The number of rotatable bonds is 5. The van der Waals surface area contributed by atoms with E-state index in [9.17, 15) is 8.78 Å². The maximum Gasteiger partial charge on any atom is 0.351 e. The molecule has 0 aliphatic heterocycles. The number of nitrogens with zero attached hydrogens (tertiary/aromatic N) is 3. The quantitative estimate of drug-likeness (QED) is 0.272. The van der Waals surface area contributed by atoms with Crippen LogP contribution in [0.3, 0.4) is 0 Å². The van der Waals surface area contributed by atoms with Crippen LogP contribution >= 0.6 is 0 Å². The molecular weight excluding hydrogens is 272 g/mol. The van der Waals surface area contributed by atoms with Crippen molar-refractivity contribution in [2.75, 3.05) is 0 Å². The minimum atomic E-state index is -3.47. The fraction of sp³-hybridized carbons (Fsp3) is 0.625. The van der Waals surface area contributed by atoms with Crippen LogP contribution in [-0.2, 0) is 6.05 Å². The van der Waals surface area contributed by atoms with Gasteiger partial charge < -0.3 is 0 Å². The zero-order chi connectivity index (χ0) is 15.3. The van der Waals surface area contributed by atoms with E-state index in [0.717, 1.165) is 24.3 Å². The van der Waals surface area contributed by atoms with Gasteiger partial charge in [-0.3, -0.25) is 0 Å². The van der Waals surface area contributed by atoms with Gasteiger partial charge in [-0.05, 0) is 53.7 Å². The van der Waals surface area contributed by atoms with E-state index >= 15 is 0 Å². The van der Waals surface area contributed by atoms with Gasteiger partial charge in [0.25, 0.3) is 0 Å². The largest absolute Gasteiger partial charge is 0.351 e. The van der Waals surface area contributed by atoms with Gasteiger partial charge in [-0.2, -0.15) is 8.78 Å². The molecule has 0 atom stereocenters. The smallest absolute Gasteiger partial charge is 0.195 e. The van der Waals surface area contributed by atoms with Crippen molar-refractivity contribution in [2.45, 2.75) is 57.4 Å². The van der Waals surface area contributed by atoms with Crippen molar-refractivity contribution in [2.24, 2.45) is 11.0 Å². The second kappa shape index (κ2) is 6.90. The van der Waals surface area contributed by atoms with Crippen molar-refractivity contribution in [3.63, 3.8) is 0 Å². The normalized spacial score (nSPS) is 22.6. The molecular formula is C16H21F2N3. The number of azide groups is 1. The van der Waals surface area contributed by atoms with Gasteiger partial charge in [-0.25, -0.2) is 0 Å². The highest BCUT2D eigenvalue weighted by Crippen LogP contribution is 2.38. The first-order valence-electron chi connectivity index (χ1n) is 7.61. The summed E-state index contributed by atoms with van der Waals surface area (Å²) in [6, 6.07) is 2.79. The minimum Gasteiger partial charge on any atom is -0.195 e. The second-order valence-corrected chi connectivity index (χ2v) is 5.86. The van der Waals surface area contributed by atoms with Crippen LogP contribution in [0.5, 0.6) is 0 Å². The van der Waals surface area contributed by atoms with Gasteiger partial charge in [0, 0.05) is 10.5 Å². The fourth-order valence-corrected chi connectivity index (χ4v) is 3.26. The highest BCUT2D eigenvalue weighted by Gasteiger charge is 2.30. The van der Waals surface area contributed by atoms with E-state index in [-0.39, 0.29) is 5.56 Å². The molecule has 0 radical (unpaired) electrons. The summed E-state index contributed by atoms with van der Waals surface area (Å²) in [6.45, 7) is 2.22. The first-order chi connectivity index (χ1) is 10.1. The lowest BCUT2D eigenvalue weighted by atomic mass is 9.77. The first-order valence-corrected chi connectivity index (χ1v) is 7.61. The van der Waals surface area contributed by atoms with E-state index < -0.39 is 6.05 Å². The van der Waals surface area contributed by atoms with Gasteiger partial charge in [0.1, 0.15) is 0 Å². The lowest BCUT2D eigenvalue weighted by Crippen LogP contribution is -2.14. The van der Waals surface area contributed by atoms with Crippen molar-refractivity contribution in [1.29, 1.82) is 0 Å². The third kappa shape index (κ3) is 3.94. The Balaban J connectivity index is 2.02. The third-order valence-corrected chi connectivity index (χ3v) is 4.44. The first kappa shape index (κ1) is 15.8. The van der Waals surface area contributed by atoms with Crippen LogP contribution in [-0.4, -0.2) is 0 Å². The molecule has 0 spiro atoms. The molecule has 0 aromatic heterocycles. The number of benzene rings is 1. The zero-order valence-corrected chi connectivity index (χ0v) is 12.3. The van der Waals surface area contributed by atoms with Crippen molar-refractivity contribution < 1.29 is 8.78 Å². The molecule has 114 valence electrons. The molecule has 1 aromatic carbocycles. The molecule has 0 saturated heterocycles. The molecule has 1 saturated carbocycles. The van der Waals surface area contributed by atoms with Crippen molar-refractivity contribution in [3.05, 3.63) is 45.8 Å². The summed E-state index contributed by atoms with van der Waals surface area (Å²) in [5, 5.41) is 2.55. The molecule has 0 amide bonds. The molecule has 5 heteroatoms. The van der Waals surface area contributed by atoms with E-state index in [0.29, 0.717) is 5.92 Å². The van der Waals surface area contributed by atoms with E-state index in [4.69, 9.17) is 5.53 Å². The van der Waals surface area contributed by atoms with Crippen LogP contribution in [0.25, 0.3) is 10.4 Å². The number of alkyl halides is 2. The number of hydrogen-bond acceptors (Lipinski definition) is 1. The zero-order valence-electron chi connectivity index (χ0n) is 12.3. The molecule has 2 rings (SSSR count). The molecule has 1 fully saturated rings. The standard InChI is InChI=1S/C16H21F2N3/c1-2-3-12-4-6-13(7-5-12)14-8-10-15(11-9-14)16(17,18)20-21-19/h8-13H,2-7H2,1H3. The van der Waals surface area contributed by atoms with Crippen LogP contribution in [0.15, 0.2) is 29.4 Å². The molecule has 1 aliphatic carbocycles. The second-order valence-electron chi connectivity index (χ2n) is 5.86. The summed E-state index contributed by atoms with van der Waals surface area (Å²) in [4.78, 5) is 2.20. The average Bonchev–Trinajstić information content (AvgIpc) is 2.48. The summed E-state index contributed by atoms with van der Waals surface area (Å²) in [5.74, 6) is 1.31. The van der Waals surface area contributed by atoms with Crippen LogP contribution in [0, 0.1) is 5.92 Å². The van der Waals surface area contributed by atoms with Crippen LogP contribution in [0.4, 0.5) is 8.78 Å². The Hall–Kier alpha value is -1.61. The van der Waals surface area contributed by atoms with E-state index in [1.807, 2.05) is 0 Å². The molecule has 0 N–H and O–H groups in total. The predicted octanol–water partition coefficient (Wildman–Crippen LogP) is 6.12. The molecule has 21 heavy (non-hydrogen) atoms. The Bertz CT molecular complexity index is 499. The fourth-order valence-electron chi connectivity index (χ4n) is 3.26. The highest BCUT2D eigenvalue weighted by molar-refractivity contribution is 5.28. The van der Waals surface area contributed by atoms with Gasteiger partial charge in [0.05, 0.1) is 0 Å². The van der Waals surface area contributed by atoms with E-state index in [1.165, 1.54) is 37.8 Å². The monoisotopic (exact) mass is 293 g/mol. The Labute approximate surface area is 124 Å². The van der Waals surface area contributed by atoms with Crippen molar-refractivity contribution in [1.82, 2.24) is 0 Å². The van der Waals surface area contributed by atoms with Crippen molar-refractivity contribution in [3.8, 4) is 0 Å². The van der Waals surface area contributed by atoms with E-state index in [1.54, 1.807) is 12.1 Å². The Kier molecular flexibility index (Phi) is 5.18. The maximum atomic E-state index is 13.4. The van der Waals surface area contributed by atoms with Gasteiger partial charge in [-0.15, -0.1) is 0 Å². The average molecular weight is 293 g/mol. The predicted molar refractivity (Wildman–Crippen MR) is 79.1 cm³/mol. The van der Waals surface area contributed by atoms with Gasteiger partial charge >= 0.3 is 6.05 Å². The lowest BCUT2D eigenvalue weighted by molar-refractivity contribution is 0.00358. The van der Waals surface area contributed by atoms with Gasteiger partial charge in [0.2, 0.25) is 0 Å². The van der Waals surface area contributed by atoms with Gasteiger partial charge in [0.15, 0.2) is 0 Å². The Morgan fingerprint density at radius 1 is 1.19 bits per heavy atom. The summed E-state index contributed by atoms with van der Waals surface area (Å²) >= 11 is 0. The summed E-state index contributed by atoms with van der Waals surface area (Å²) in [5.41, 5.74) is 9.04. The molecule has 1 aromatic rings. The minimum absolute atomic E-state index is 0.247. The third-order valence-electron chi connectivity index (χ3n) is 4.44. The van der Waals surface area contributed by atoms with E-state index in [2.05, 4.69) is 16.9 Å². The topological polar surface area (TPSA) is 48.8 Å². The highest BCUT2D eigenvalue weighted by atomic mass is 19.3. The van der Waals surface area contributed by atoms with Crippen LogP contribution in [0.2, 0.25) is 0 Å². The van der Waals surface area contributed by atoms with Crippen LogP contribution in [0.1, 0.15) is 62.5 Å². The lowest BCUT2D eigenvalue weighted by Gasteiger charge is -2.28. The summed E-state index contributed by atoms with van der Waals surface area (Å²) in [6.07, 6.45) is 7.26. The maximum absolute atomic E-state index is 13.4. The number of hydrogen-bond donors (Lipinski definition) is 0. The summed E-state index contributed by atoms with van der Waals surface area (Å²) in [7, 11) is 0. The summed E-state index contributed by atoms with van der Waals surface area (Å²) < 4.78 is 26.9. The molecule has 0 heterocycles. The number of halogens is 2. The Morgan fingerprint density at radius 3 is 2.33 bits per heavy atom. The molecule has 0 bridgehead atoms. The molecule has 3 nitrogen and oxygen atoms in total.